The summed E-state index contributed by atoms with van der Waals surface area (Å²) in [5, 5.41) is 4.32. The molecule has 0 aromatic heterocycles. The van der Waals surface area contributed by atoms with E-state index in [1.807, 2.05) is 6.07 Å². The molecule has 0 fully saturated rings. The molecule has 0 unspecified atom stereocenters. The lowest BCUT2D eigenvalue weighted by atomic mass is 10.1. The third kappa shape index (κ3) is 3.75. The van der Waals surface area contributed by atoms with Crippen LogP contribution in [0.5, 0.6) is 0 Å². The molecule has 0 aliphatic carbocycles. The third-order valence-electron chi connectivity index (χ3n) is 2.74. The molecule has 0 aliphatic rings. The van der Waals surface area contributed by atoms with Crippen molar-refractivity contribution in [3.05, 3.63) is 57.8 Å². The minimum Gasteiger partial charge on any atom is -0.397 e. The predicted molar refractivity (Wildman–Crippen MR) is 79.5 cm³/mol. The maximum atomic E-state index is 13.1. The van der Waals surface area contributed by atoms with Crippen LogP contribution in [0.15, 0.2) is 36.4 Å². The Hall–Kier alpha value is -1.45. The van der Waals surface area contributed by atoms with Crippen LogP contribution in [0, 0.1) is 5.82 Å². The lowest BCUT2D eigenvalue weighted by Crippen LogP contribution is -2.07. The van der Waals surface area contributed by atoms with Gasteiger partial charge < -0.3 is 11.1 Å². The Morgan fingerprint density at radius 1 is 1.11 bits per heavy atom. The predicted octanol–water partition coefficient (Wildman–Crippen LogP) is 4.37. The maximum Gasteiger partial charge on any atom is 0.125 e. The zero-order chi connectivity index (χ0) is 13.8. The molecule has 2 nitrogen and oxygen atoms in total. The van der Waals surface area contributed by atoms with Crippen LogP contribution in [0.25, 0.3) is 0 Å². The van der Waals surface area contributed by atoms with E-state index in [2.05, 4.69) is 5.32 Å². The van der Waals surface area contributed by atoms with Crippen LogP contribution in [0.4, 0.5) is 15.8 Å². The molecule has 0 bridgehead atoms. The number of hydrogen-bond acceptors (Lipinski definition) is 2. The van der Waals surface area contributed by atoms with Crippen LogP contribution >= 0.6 is 23.2 Å². The van der Waals surface area contributed by atoms with Crippen LogP contribution in [-0.2, 0) is 6.42 Å². The molecule has 2 aromatic carbocycles. The topological polar surface area (TPSA) is 38.0 Å². The molecule has 0 atom stereocenters. The molecule has 0 spiro atoms. The lowest BCUT2D eigenvalue weighted by Gasteiger charge is -2.10. The number of benzene rings is 2. The fourth-order valence-corrected chi connectivity index (χ4v) is 2.24. The van der Waals surface area contributed by atoms with Crippen molar-refractivity contribution >= 4 is 34.6 Å². The van der Waals surface area contributed by atoms with Gasteiger partial charge in [-0.2, -0.15) is 0 Å². The second kappa shape index (κ2) is 6.13. The number of nitrogens with two attached hydrogens (primary N) is 1. The van der Waals surface area contributed by atoms with Gasteiger partial charge in [-0.15, -0.1) is 0 Å². The highest BCUT2D eigenvalue weighted by Crippen LogP contribution is 2.22. The van der Waals surface area contributed by atoms with Gasteiger partial charge in [-0.3, -0.25) is 0 Å². The van der Waals surface area contributed by atoms with Gasteiger partial charge in [0.05, 0.1) is 11.4 Å². The Balaban J connectivity index is 1.98. The molecule has 3 N–H and O–H groups in total. The molecule has 2 rings (SSSR count). The lowest BCUT2D eigenvalue weighted by molar-refractivity contribution is 0.628. The molecular formula is C14H13Cl2FN2. The number of nitrogen functional groups attached to an aromatic ring is 1. The average molecular weight is 299 g/mol. The van der Waals surface area contributed by atoms with Crippen molar-refractivity contribution in [3.63, 3.8) is 0 Å². The van der Waals surface area contributed by atoms with E-state index >= 15 is 0 Å². The molecule has 0 saturated heterocycles. The van der Waals surface area contributed by atoms with Crippen molar-refractivity contribution in [2.45, 2.75) is 6.42 Å². The standard InChI is InChI=1S/C14H13Cl2FN2/c15-10-2-1-9(12(16)7-10)5-6-19-14-8-11(17)3-4-13(14)18/h1-4,7-8,19H,5-6,18H2. The minimum absolute atomic E-state index is 0.318. The fraction of sp³-hybridized carbons (Fsp3) is 0.143. The van der Waals surface area contributed by atoms with Gasteiger partial charge in [0.25, 0.3) is 0 Å². The minimum atomic E-state index is -0.318. The first-order chi connectivity index (χ1) is 9.06. The van der Waals surface area contributed by atoms with E-state index in [1.54, 1.807) is 12.1 Å². The zero-order valence-electron chi connectivity index (χ0n) is 10.1. The second-order valence-corrected chi connectivity index (χ2v) is 4.99. The molecule has 0 radical (unpaired) electrons. The number of hydrogen-bond donors (Lipinski definition) is 2. The Bertz CT molecular complexity index is 588. The van der Waals surface area contributed by atoms with E-state index in [0.29, 0.717) is 34.4 Å². The summed E-state index contributed by atoms with van der Waals surface area (Å²) in [7, 11) is 0. The summed E-state index contributed by atoms with van der Waals surface area (Å²) in [6, 6.07) is 9.61. The van der Waals surface area contributed by atoms with Crippen molar-refractivity contribution in [2.24, 2.45) is 0 Å². The molecule has 2 aromatic rings. The number of rotatable bonds is 4. The quantitative estimate of drug-likeness (QED) is 0.823. The number of anilines is 2. The van der Waals surface area contributed by atoms with Gasteiger partial charge in [-0.1, -0.05) is 29.3 Å². The van der Waals surface area contributed by atoms with Gasteiger partial charge in [-0.25, -0.2) is 4.39 Å². The summed E-state index contributed by atoms with van der Waals surface area (Å²) < 4.78 is 13.1. The van der Waals surface area contributed by atoms with Crippen molar-refractivity contribution in [1.29, 1.82) is 0 Å². The van der Waals surface area contributed by atoms with Gasteiger partial charge in [0, 0.05) is 16.6 Å². The molecule has 0 heterocycles. The summed E-state index contributed by atoms with van der Waals surface area (Å²) in [6.45, 7) is 0.606. The largest absolute Gasteiger partial charge is 0.397 e. The van der Waals surface area contributed by atoms with E-state index < -0.39 is 0 Å². The van der Waals surface area contributed by atoms with Gasteiger partial charge in [-0.05, 0) is 42.3 Å². The normalized spacial score (nSPS) is 10.5. The van der Waals surface area contributed by atoms with Gasteiger partial charge in [0.1, 0.15) is 5.82 Å². The Labute approximate surface area is 121 Å². The maximum absolute atomic E-state index is 13.1. The van der Waals surface area contributed by atoms with Crippen LogP contribution in [0.3, 0.4) is 0 Å². The summed E-state index contributed by atoms with van der Waals surface area (Å²) in [6.07, 6.45) is 0.700. The van der Waals surface area contributed by atoms with Crippen molar-refractivity contribution in [3.8, 4) is 0 Å². The van der Waals surface area contributed by atoms with Gasteiger partial charge >= 0.3 is 0 Å². The van der Waals surface area contributed by atoms with E-state index in [9.17, 15) is 4.39 Å². The summed E-state index contributed by atoms with van der Waals surface area (Å²) in [5.41, 5.74) is 7.83. The summed E-state index contributed by atoms with van der Waals surface area (Å²) in [4.78, 5) is 0. The Kier molecular flexibility index (Phi) is 4.51. The van der Waals surface area contributed by atoms with E-state index in [1.165, 1.54) is 18.2 Å². The molecule has 5 heteroatoms. The fourth-order valence-electron chi connectivity index (χ4n) is 1.74. The van der Waals surface area contributed by atoms with Crippen LogP contribution < -0.4 is 11.1 Å². The molecule has 19 heavy (non-hydrogen) atoms. The first kappa shape index (κ1) is 14.0. The highest BCUT2D eigenvalue weighted by molar-refractivity contribution is 6.35. The van der Waals surface area contributed by atoms with E-state index in [0.717, 1.165) is 5.56 Å². The van der Waals surface area contributed by atoms with Crippen LogP contribution in [0.2, 0.25) is 10.0 Å². The number of nitrogens with one attached hydrogen (secondary N) is 1. The molecule has 0 saturated carbocycles. The molecule has 0 amide bonds. The molecule has 0 aliphatic heterocycles. The Morgan fingerprint density at radius 2 is 1.89 bits per heavy atom. The first-order valence-electron chi connectivity index (χ1n) is 5.79. The average Bonchev–Trinajstić information content (AvgIpc) is 2.36. The van der Waals surface area contributed by atoms with Crippen molar-refractivity contribution in [1.82, 2.24) is 0 Å². The smallest absolute Gasteiger partial charge is 0.125 e. The van der Waals surface area contributed by atoms with Crippen molar-refractivity contribution < 1.29 is 4.39 Å². The third-order valence-corrected chi connectivity index (χ3v) is 3.33. The van der Waals surface area contributed by atoms with Crippen LogP contribution in [0.1, 0.15) is 5.56 Å². The monoisotopic (exact) mass is 298 g/mol. The number of halogens is 3. The summed E-state index contributed by atoms with van der Waals surface area (Å²) >= 11 is 11.9. The highest BCUT2D eigenvalue weighted by Gasteiger charge is 2.03. The summed E-state index contributed by atoms with van der Waals surface area (Å²) in [5.74, 6) is -0.318. The van der Waals surface area contributed by atoms with Gasteiger partial charge in [0.15, 0.2) is 0 Å². The SMILES string of the molecule is Nc1ccc(F)cc1NCCc1ccc(Cl)cc1Cl. The van der Waals surface area contributed by atoms with Gasteiger partial charge in [0.2, 0.25) is 0 Å². The molecular weight excluding hydrogens is 286 g/mol. The second-order valence-electron chi connectivity index (χ2n) is 4.14. The van der Waals surface area contributed by atoms with Crippen molar-refractivity contribution in [2.75, 3.05) is 17.6 Å². The zero-order valence-corrected chi connectivity index (χ0v) is 11.6. The highest BCUT2D eigenvalue weighted by atomic mass is 35.5. The van der Waals surface area contributed by atoms with E-state index in [-0.39, 0.29) is 5.82 Å². The van der Waals surface area contributed by atoms with Crippen LogP contribution in [-0.4, -0.2) is 6.54 Å². The van der Waals surface area contributed by atoms with E-state index in [4.69, 9.17) is 28.9 Å². The first-order valence-corrected chi connectivity index (χ1v) is 6.54. The Morgan fingerprint density at radius 3 is 2.63 bits per heavy atom. The molecule has 100 valence electrons.